The molecule has 0 atom stereocenters. The second-order valence-electron chi connectivity index (χ2n) is 9.98. The summed E-state index contributed by atoms with van der Waals surface area (Å²) in [5.41, 5.74) is 2.24. The molecule has 1 fully saturated rings. The number of carbonyl (C=O) groups is 1. The van der Waals surface area contributed by atoms with Crippen LogP contribution in [0.2, 0.25) is 0 Å². The molecule has 0 N–H and O–H groups in total. The van der Waals surface area contributed by atoms with Crippen molar-refractivity contribution in [3.8, 4) is 5.75 Å². The van der Waals surface area contributed by atoms with Crippen molar-refractivity contribution < 1.29 is 17.9 Å². The van der Waals surface area contributed by atoms with E-state index in [1.807, 2.05) is 33.2 Å². The van der Waals surface area contributed by atoms with E-state index in [0.29, 0.717) is 42.0 Å². The van der Waals surface area contributed by atoms with Crippen LogP contribution in [0.3, 0.4) is 0 Å². The first-order valence-electron chi connectivity index (χ1n) is 12.6. The monoisotopic (exact) mass is 580 g/mol. The molecule has 1 aliphatic rings. The van der Waals surface area contributed by atoms with Crippen molar-refractivity contribution in [2.75, 3.05) is 52.3 Å². The molecule has 4 rings (SSSR count). The number of carbonyl (C=O) groups excluding carboxylic acids is 1. The van der Waals surface area contributed by atoms with Crippen molar-refractivity contribution >= 4 is 55.0 Å². The molecule has 0 aliphatic carbocycles. The van der Waals surface area contributed by atoms with E-state index in [1.54, 1.807) is 40.6 Å². The van der Waals surface area contributed by atoms with Gasteiger partial charge < -0.3 is 9.64 Å². The number of rotatable bonds is 9. The number of nitrogens with zero attached hydrogens (tertiary/aromatic N) is 4. The first-order valence-corrected chi connectivity index (χ1v) is 14.9. The van der Waals surface area contributed by atoms with Crippen molar-refractivity contribution in [2.45, 2.75) is 38.0 Å². The maximum atomic E-state index is 13.7. The highest BCUT2D eigenvalue weighted by Crippen LogP contribution is 2.37. The van der Waals surface area contributed by atoms with Crippen LogP contribution < -0.4 is 9.64 Å². The molecule has 0 spiro atoms. The number of sulfonamides is 1. The Kier molecular flexibility index (Phi) is 10.2. The van der Waals surface area contributed by atoms with E-state index in [4.69, 9.17) is 9.72 Å². The maximum absolute atomic E-state index is 13.7. The highest BCUT2D eigenvalue weighted by Gasteiger charge is 2.29. The first-order chi connectivity index (χ1) is 17.6. The molecule has 11 heteroatoms. The SMILES string of the molecule is COc1ccc(C)c2sc(N(CCCN(C)C)C(=O)c3ccc(S(=O)(=O)N4CCC(C)CC4)cc3)nc12.Cl. The lowest BCUT2D eigenvalue weighted by Gasteiger charge is -2.29. The van der Waals surface area contributed by atoms with Gasteiger partial charge in [-0.25, -0.2) is 13.4 Å². The molecule has 0 saturated carbocycles. The topological polar surface area (TPSA) is 83.0 Å². The number of halogens is 1. The quantitative estimate of drug-likeness (QED) is 0.352. The Morgan fingerprint density at radius 2 is 1.76 bits per heavy atom. The minimum absolute atomic E-state index is 0. The highest BCUT2D eigenvalue weighted by molar-refractivity contribution is 7.89. The normalized spacial score (nSPS) is 15.0. The minimum Gasteiger partial charge on any atom is -0.494 e. The third-order valence-electron chi connectivity index (χ3n) is 6.86. The molecule has 1 amide bonds. The fraction of sp³-hybridized carbons (Fsp3) is 0.481. The summed E-state index contributed by atoms with van der Waals surface area (Å²) in [7, 11) is 2.04. The van der Waals surface area contributed by atoms with E-state index in [9.17, 15) is 13.2 Å². The van der Waals surface area contributed by atoms with Gasteiger partial charge in [0.05, 0.1) is 16.7 Å². The summed E-state index contributed by atoms with van der Waals surface area (Å²) in [6, 6.07) is 10.2. The lowest BCUT2D eigenvalue weighted by molar-refractivity contribution is 0.0986. The average molecular weight is 581 g/mol. The molecule has 8 nitrogen and oxygen atoms in total. The summed E-state index contributed by atoms with van der Waals surface area (Å²) in [6.45, 7) is 6.54. The van der Waals surface area contributed by atoms with Crippen molar-refractivity contribution in [3.63, 3.8) is 0 Å². The minimum atomic E-state index is -3.58. The Hall–Kier alpha value is -2.24. The van der Waals surface area contributed by atoms with Gasteiger partial charge >= 0.3 is 0 Å². The highest BCUT2D eigenvalue weighted by atomic mass is 35.5. The number of amides is 1. The molecule has 38 heavy (non-hydrogen) atoms. The molecule has 1 aliphatic heterocycles. The standard InChI is InChI=1S/C27H36N4O4S2.ClH/c1-19-13-17-30(18-14-19)37(33,34)22-10-8-21(9-11-22)26(32)31(16-6-15-29(3)4)27-28-24-23(35-5)12-7-20(2)25(24)36-27;/h7-12,19H,6,13-18H2,1-5H3;1H. The Bertz CT molecular complexity index is 1350. The van der Waals surface area contributed by atoms with Gasteiger partial charge in [-0.3, -0.25) is 9.69 Å². The number of aromatic nitrogens is 1. The van der Waals surface area contributed by atoms with Crippen LogP contribution >= 0.6 is 23.7 Å². The number of aryl methyl sites for hydroxylation is 1. The van der Waals surface area contributed by atoms with E-state index in [2.05, 4.69) is 11.8 Å². The second kappa shape index (κ2) is 12.7. The third-order valence-corrected chi connectivity index (χ3v) is 9.98. The van der Waals surface area contributed by atoms with Gasteiger partial charge in [0, 0.05) is 25.2 Å². The van der Waals surface area contributed by atoms with Crippen LogP contribution in [0.4, 0.5) is 5.13 Å². The Morgan fingerprint density at radius 1 is 1.11 bits per heavy atom. The average Bonchev–Trinajstić information content (AvgIpc) is 3.33. The Labute approximate surface area is 236 Å². The smallest absolute Gasteiger partial charge is 0.260 e. The number of hydrogen-bond acceptors (Lipinski definition) is 7. The van der Waals surface area contributed by atoms with E-state index in [-0.39, 0.29) is 23.2 Å². The Morgan fingerprint density at radius 3 is 2.37 bits per heavy atom. The van der Waals surface area contributed by atoms with Gasteiger partial charge in [0.1, 0.15) is 11.3 Å². The number of piperidine rings is 1. The van der Waals surface area contributed by atoms with Gasteiger partial charge in [0.2, 0.25) is 10.0 Å². The van der Waals surface area contributed by atoms with E-state index in [0.717, 1.165) is 41.6 Å². The van der Waals surface area contributed by atoms with E-state index < -0.39 is 10.0 Å². The van der Waals surface area contributed by atoms with Gasteiger partial charge in [-0.15, -0.1) is 12.4 Å². The molecular weight excluding hydrogens is 544 g/mol. The number of thiazole rings is 1. The fourth-order valence-electron chi connectivity index (χ4n) is 4.51. The molecule has 2 heterocycles. The van der Waals surface area contributed by atoms with Crippen LogP contribution in [-0.2, 0) is 10.0 Å². The number of anilines is 1. The van der Waals surface area contributed by atoms with Crippen LogP contribution in [0.1, 0.15) is 42.1 Å². The van der Waals surface area contributed by atoms with E-state index >= 15 is 0 Å². The molecule has 1 aromatic heterocycles. The van der Waals surface area contributed by atoms with Crippen LogP contribution in [0, 0.1) is 12.8 Å². The van der Waals surface area contributed by atoms with Gasteiger partial charge in [0.25, 0.3) is 5.91 Å². The van der Waals surface area contributed by atoms with Crippen LogP contribution in [0.25, 0.3) is 10.2 Å². The number of fused-ring (bicyclic) bond motifs is 1. The lowest BCUT2D eigenvalue weighted by atomic mass is 10.0. The zero-order valence-corrected chi connectivity index (χ0v) is 25.1. The predicted octanol–water partition coefficient (Wildman–Crippen LogP) is 5.05. The van der Waals surface area contributed by atoms with Gasteiger partial charge in [-0.2, -0.15) is 4.31 Å². The summed E-state index contributed by atoms with van der Waals surface area (Å²) in [5.74, 6) is 1.01. The zero-order valence-electron chi connectivity index (χ0n) is 22.6. The lowest BCUT2D eigenvalue weighted by Crippen LogP contribution is -2.38. The zero-order chi connectivity index (χ0) is 26.7. The van der Waals surface area contributed by atoms with Crippen LogP contribution in [-0.4, -0.2) is 75.9 Å². The Balaban J connectivity index is 0.00000400. The molecule has 0 bridgehead atoms. The number of ether oxygens (including phenoxy) is 1. The second-order valence-corrected chi connectivity index (χ2v) is 12.9. The van der Waals surface area contributed by atoms with Crippen LogP contribution in [0.5, 0.6) is 5.75 Å². The van der Waals surface area contributed by atoms with Crippen molar-refractivity contribution in [3.05, 3.63) is 47.5 Å². The maximum Gasteiger partial charge on any atom is 0.260 e. The summed E-state index contributed by atoms with van der Waals surface area (Å²) in [6.07, 6.45) is 2.50. The predicted molar refractivity (Wildman–Crippen MR) is 157 cm³/mol. The van der Waals surface area contributed by atoms with Crippen LogP contribution in [0.15, 0.2) is 41.3 Å². The van der Waals surface area contributed by atoms with Gasteiger partial charge in [-0.05, 0) is 88.6 Å². The summed E-state index contributed by atoms with van der Waals surface area (Å²) in [4.78, 5) is 22.5. The molecular formula is C27H37ClN4O4S2. The van der Waals surface area contributed by atoms with Gasteiger partial charge in [0.15, 0.2) is 5.13 Å². The molecule has 208 valence electrons. The first kappa shape index (κ1) is 30.3. The summed E-state index contributed by atoms with van der Waals surface area (Å²) >= 11 is 1.47. The summed E-state index contributed by atoms with van der Waals surface area (Å²) in [5, 5.41) is 0.602. The molecule has 2 aromatic carbocycles. The molecule has 1 saturated heterocycles. The molecule has 3 aromatic rings. The molecule has 0 radical (unpaired) electrons. The molecule has 0 unspecified atom stereocenters. The largest absolute Gasteiger partial charge is 0.494 e. The van der Waals surface area contributed by atoms with Crippen molar-refractivity contribution in [2.24, 2.45) is 5.92 Å². The summed E-state index contributed by atoms with van der Waals surface area (Å²) < 4.78 is 34.3. The number of hydrogen-bond donors (Lipinski definition) is 0. The number of benzene rings is 2. The van der Waals surface area contributed by atoms with E-state index in [1.165, 1.54) is 11.3 Å². The van der Waals surface area contributed by atoms with Crippen molar-refractivity contribution in [1.29, 1.82) is 0 Å². The third kappa shape index (κ3) is 6.48. The fourth-order valence-corrected chi connectivity index (χ4v) is 7.05. The van der Waals surface area contributed by atoms with Crippen molar-refractivity contribution in [1.82, 2.24) is 14.2 Å². The number of methoxy groups -OCH3 is 1. The van der Waals surface area contributed by atoms with Gasteiger partial charge in [-0.1, -0.05) is 24.3 Å².